The third-order valence-electron chi connectivity index (χ3n) is 3.83. The molecule has 0 amide bonds. The van der Waals surface area contributed by atoms with E-state index in [1.165, 1.54) is 0 Å². The minimum Gasteiger partial charge on any atom is -0.497 e. The Bertz CT molecular complexity index is 579. The molecule has 2 atom stereocenters. The van der Waals surface area contributed by atoms with Gasteiger partial charge in [0, 0.05) is 18.7 Å². The van der Waals surface area contributed by atoms with Gasteiger partial charge in [0.05, 0.1) is 20.3 Å². The van der Waals surface area contributed by atoms with Crippen LogP contribution in [-0.4, -0.2) is 25.4 Å². The van der Waals surface area contributed by atoms with E-state index < -0.39 is 6.10 Å². The van der Waals surface area contributed by atoms with Crippen LogP contribution in [0.15, 0.2) is 48.5 Å². The topological polar surface area (TPSA) is 50.7 Å². The zero-order valence-corrected chi connectivity index (χ0v) is 14.0. The molecule has 0 saturated carbocycles. The zero-order valence-electron chi connectivity index (χ0n) is 14.0. The normalized spacial score (nSPS) is 13.4. The second kappa shape index (κ2) is 8.56. The Morgan fingerprint density at radius 1 is 1.00 bits per heavy atom. The zero-order chi connectivity index (χ0) is 16.7. The highest BCUT2D eigenvalue weighted by Gasteiger charge is 2.12. The molecule has 0 saturated heterocycles. The summed E-state index contributed by atoms with van der Waals surface area (Å²) in [4.78, 5) is 0. The summed E-state index contributed by atoms with van der Waals surface area (Å²) in [5.74, 6) is 1.55. The molecule has 0 heterocycles. The molecular weight excluding hydrogens is 290 g/mol. The lowest BCUT2D eigenvalue weighted by Crippen LogP contribution is -2.27. The number of aliphatic hydroxyl groups is 1. The van der Waals surface area contributed by atoms with Gasteiger partial charge in [-0.15, -0.1) is 0 Å². The Labute approximate surface area is 138 Å². The van der Waals surface area contributed by atoms with Crippen LogP contribution in [-0.2, 0) is 6.54 Å². The summed E-state index contributed by atoms with van der Waals surface area (Å²) in [6, 6.07) is 15.7. The van der Waals surface area contributed by atoms with Crippen LogP contribution in [0.1, 0.15) is 30.6 Å². The van der Waals surface area contributed by atoms with Crippen molar-refractivity contribution in [3.8, 4) is 11.5 Å². The molecule has 0 aromatic heterocycles. The monoisotopic (exact) mass is 315 g/mol. The van der Waals surface area contributed by atoms with Crippen LogP contribution in [0.5, 0.6) is 11.5 Å². The number of ether oxygens (including phenoxy) is 2. The van der Waals surface area contributed by atoms with Crippen molar-refractivity contribution in [2.24, 2.45) is 0 Å². The largest absolute Gasteiger partial charge is 0.497 e. The van der Waals surface area contributed by atoms with Crippen molar-refractivity contribution in [2.45, 2.75) is 32.0 Å². The van der Waals surface area contributed by atoms with E-state index in [1.807, 2.05) is 48.5 Å². The summed E-state index contributed by atoms with van der Waals surface area (Å²) < 4.78 is 10.6. The smallest absolute Gasteiger partial charge is 0.122 e. The maximum atomic E-state index is 10.3. The van der Waals surface area contributed by atoms with Crippen LogP contribution in [0.2, 0.25) is 0 Å². The summed E-state index contributed by atoms with van der Waals surface area (Å²) in [5.41, 5.74) is 2.03. The van der Waals surface area contributed by atoms with Crippen molar-refractivity contribution in [2.75, 3.05) is 14.2 Å². The Morgan fingerprint density at radius 2 is 1.61 bits per heavy atom. The predicted molar refractivity (Wildman–Crippen MR) is 91.9 cm³/mol. The molecule has 2 N–H and O–H groups in total. The highest BCUT2D eigenvalue weighted by atomic mass is 16.5. The summed E-state index contributed by atoms with van der Waals surface area (Å²) in [7, 11) is 3.29. The minimum absolute atomic E-state index is 0.183. The quantitative estimate of drug-likeness (QED) is 0.785. The van der Waals surface area contributed by atoms with Gasteiger partial charge in [0.25, 0.3) is 0 Å². The molecule has 2 unspecified atom stereocenters. The molecular formula is C19H25NO3. The Balaban J connectivity index is 1.90. The van der Waals surface area contributed by atoms with E-state index in [4.69, 9.17) is 9.47 Å². The number of rotatable bonds is 8. The molecule has 124 valence electrons. The first-order chi connectivity index (χ1) is 11.1. The maximum absolute atomic E-state index is 10.3. The van der Waals surface area contributed by atoms with Gasteiger partial charge < -0.3 is 19.9 Å². The van der Waals surface area contributed by atoms with Gasteiger partial charge >= 0.3 is 0 Å². The molecule has 0 aliphatic rings. The van der Waals surface area contributed by atoms with Gasteiger partial charge in [0.1, 0.15) is 11.5 Å². The van der Waals surface area contributed by atoms with E-state index in [0.717, 1.165) is 22.6 Å². The Hall–Kier alpha value is -2.04. The van der Waals surface area contributed by atoms with E-state index in [1.54, 1.807) is 14.2 Å². The minimum atomic E-state index is -0.460. The third-order valence-corrected chi connectivity index (χ3v) is 3.83. The van der Waals surface area contributed by atoms with Gasteiger partial charge in [-0.3, -0.25) is 0 Å². The van der Waals surface area contributed by atoms with Crippen molar-refractivity contribution in [3.05, 3.63) is 59.7 Å². The molecule has 2 aromatic carbocycles. The average Bonchev–Trinajstić information content (AvgIpc) is 2.60. The number of hydrogen-bond acceptors (Lipinski definition) is 4. The number of nitrogens with one attached hydrogen (secondary N) is 1. The van der Waals surface area contributed by atoms with Gasteiger partial charge in [0.15, 0.2) is 0 Å². The van der Waals surface area contributed by atoms with Gasteiger partial charge in [-0.25, -0.2) is 0 Å². The molecule has 4 heteroatoms. The lowest BCUT2D eigenvalue weighted by Gasteiger charge is -2.18. The summed E-state index contributed by atoms with van der Waals surface area (Å²) in [5, 5.41) is 13.7. The second-order valence-electron chi connectivity index (χ2n) is 5.67. The lowest BCUT2D eigenvalue weighted by atomic mass is 10.0. The van der Waals surface area contributed by atoms with Crippen molar-refractivity contribution < 1.29 is 14.6 Å². The average molecular weight is 315 g/mol. The van der Waals surface area contributed by atoms with Gasteiger partial charge in [-0.05, 0) is 36.6 Å². The first-order valence-electron chi connectivity index (χ1n) is 7.80. The molecule has 4 nitrogen and oxygen atoms in total. The van der Waals surface area contributed by atoms with Crippen LogP contribution >= 0.6 is 0 Å². The lowest BCUT2D eigenvalue weighted by molar-refractivity contribution is 0.154. The molecule has 0 aliphatic heterocycles. The Kier molecular flexibility index (Phi) is 6.44. The fourth-order valence-corrected chi connectivity index (χ4v) is 2.49. The Morgan fingerprint density at radius 3 is 2.17 bits per heavy atom. The predicted octanol–water partition coefficient (Wildman–Crippen LogP) is 3.31. The number of benzene rings is 2. The van der Waals surface area contributed by atoms with E-state index >= 15 is 0 Å². The standard InChI is InChI=1S/C19H25NO3/c1-14(9-19(21)16-7-5-4-6-8-16)20-13-15-10-17(22-2)12-18(11-15)23-3/h4-8,10-12,14,19-21H,9,13H2,1-3H3. The third kappa shape index (κ3) is 5.27. The first kappa shape index (κ1) is 17.3. The number of hydrogen-bond donors (Lipinski definition) is 2. The van der Waals surface area contributed by atoms with E-state index in [2.05, 4.69) is 12.2 Å². The molecule has 0 bridgehead atoms. The molecule has 0 radical (unpaired) electrons. The van der Waals surface area contributed by atoms with Crippen molar-refractivity contribution in [1.82, 2.24) is 5.32 Å². The summed E-state index contributed by atoms with van der Waals surface area (Å²) in [6.45, 7) is 2.76. The molecule has 23 heavy (non-hydrogen) atoms. The maximum Gasteiger partial charge on any atom is 0.122 e. The van der Waals surface area contributed by atoms with Gasteiger partial charge in [0.2, 0.25) is 0 Å². The molecule has 0 fully saturated rings. The summed E-state index contributed by atoms with van der Waals surface area (Å²) in [6.07, 6.45) is 0.198. The number of methoxy groups -OCH3 is 2. The second-order valence-corrected chi connectivity index (χ2v) is 5.67. The molecule has 2 rings (SSSR count). The van der Waals surface area contributed by atoms with Crippen LogP contribution in [0, 0.1) is 0 Å². The van der Waals surface area contributed by atoms with Crippen LogP contribution in [0.25, 0.3) is 0 Å². The molecule has 0 spiro atoms. The fourth-order valence-electron chi connectivity index (χ4n) is 2.49. The van der Waals surface area contributed by atoms with Crippen LogP contribution < -0.4 is 14.8 Å². The van der Waals surface area contributed by atoms with Crippen molar-refractivity contribution in [3.63, 3.8) is 0 Å². The first-order valence-corrected chi connectivity index (χ1v) is 7.80. The molecule has 2 aromatic rings. The van der Waals surface area contributed by atoms with Crippen molar-refractivity contribution in [1.29, 1.82) is 0 Å². The highest BCUT2D eigenvalue weighted by molar-refractivity contribution is 5.38. The van der Waals surface area contributed by atoms with Crippen molar-refractivity contribution >= 4 is 0 Å². The van der Waals surface area contributed by atoms with Gasteiger partial charge in [-0.1, -0.05) is 30.3 Å². The van der Waals surface area contributed by atoms with E-state index in [-0.39, 0.29) is 6.04 Å². The summed E-state index contributed by atoms with van der Waals surface area (Å²) >= 11 is 0. The highest BCUT2D eigenvalue weighted by Crippen LogP contribution is 2.23. The van der Waals surface area contributed by atoms with Gasteiger partial charge in [-0.2, -0.15) is 0 Å². The molecule has 0 aliphatic carbocycles. The van der Waals surface area contributed by atoms with Crippen LogP contribution in [0.4, 0.5) is 0 Å². The number of aliphatic hydroxyl groups excluding tert-OH is 1. The SMILES string of the molecule is COc1cc(CNC(C)CC(O)c2ccccc2)cc(OC)c1. The van der Waals surface area contributed by atoms with Crippen LogP contribution in [0.3, 0.4) is 0 Å². The fraction of sp³-hybridized carbons (Fsp3) is 0.368. The van der Waals surface area contributed by atoms with E-state index in [0.29, 0.717) is 13.0 Å². The van der Waals surface area contributed by atoms with E-state index in [9.17, 15) is 5.11 Å².